The molecule has 1 N–H and O–H groups in total. The average molecular weight is 348 g/mol. The second-order valence-electron chi connectivity index (χ2n) is 4.71. The lowest BCUT2D eigenvalue weighted by atomic mass is 10.1. The van der Waals surface area contributed by atoms with Crippen molar-refractivity contribution in [1.29, 1.82) is 0 Å². The number of carbonyl (C=O) groups is 1. The molecule has 0 radical (unpaired) electrons. The lowest BCUT2D eigenvalue weighted by molar-refractivity contribution is -0.0171. The number of hydrogen-bond acceptors (Lipinski definition) is 3. The van der Waals surface area contributed by atoms with Gasteiger partial charge in [-0.05, 0) is 24.3 Å². The quantitative estimate of drug-likeness (QED) is 0.926. The van der Waals surface area contributed by atoms with E-state index in [9.17, 15) is 4.79 Å². The molecule has 0 fully saturated rings. The number of halogens is 1. The van der Waals surface area contributed by atoms with Gasteiger partial charge in [-0.25, -0.2) is 0 Å². The van der Waals surface area contributed by atoms with Crippen LogP contribution >= 0.6 is 15.9 Å². The van der Waals surface area contributed by atoms with E-state index >= 15 is 0 Å². The molecule has 1 amide bonds. The van der Waals surface area contributed by atoms with Gasteiger partial charge in [0, 0.05) is 27.7 Å². The molecule has 2 aromatic carbocycles. The SMILES string of the molecule is O=C(NCc1cc(Br)cc2c1OCOC2)c1ccccc1. The summed E-state index contributed by atoms with van der Waals surface area (Å²) in [6, 6.07) is 13.1. The molecule has 3 rings (SSSR count). The first-order valence-electron chi connectivity index (χ1n) is 6.59. The van der Waals surface area contributed by atoms with Crippen molar-refractivity contribution in [1.82, 2.24) is 5.32 Å². The van der Waals surface area contributed by atoms with Crippen molar-refractivity contribution in [3.63, 3.8) is 0 Å². The lowest BCUT2D eigenvalue weighted by Gasteiger charge is -2.21. The molecule has 0 bridgehead atoms. The van der Waals surface area contributed by atoms with Gasteiger partial charge in [-0.1, -0.05) is 34.1 Å². The molecule has 0 aromatic heterocycles. The van der Waals surface area contributed by atoms with Crippen LogP contribution in [-0.2, 0) is 17.9 Å². The molecule has 108 valence electrons. The first-order chi connectivity index (χ1) is 10.2. The average Bonchev–Trinajstić information content (AvgIpc) is 2.53. The van der Waals surface area contributed by atoms with Crippen LogP contribution in [0.15, 0.2) is 46.9 Å². The number of carbonyl (C=O) groups excluding carboxylic acids is 1. The highest BCUT2D eigenvalue weighted by atomic mass is 79.9. The Bertz CT molecular complexity index is 658. The zero-order chi connectivity index (χ0) is 14.7. The van der Waals surface area contributed by atoms with Crippen LogP contribution in [0, 0.1) is 0 Å². The summed E-state index contributed by atoms with van der Waals surface area (Å²) < 4.78 is 11.8. The molecule has 1 heterocycles. The Balaban J connectivity index is 1.76. The van der Waals surface area contributed by atoms with Crippen LogP contribution in [0.3, 0.4) is 0 Å². The van der Waals surface area contributed by atoms with Crippen molar-refractivity contribution in [2.24, 2.45) is 0 Å². The van der Waals surface area contributed by atoms with Crippen LogP contribution in [0.1, 0.15) is 21.5 Å². The molecule has 0 unspecified atom stereocenters. The van der Waals surface area contributed by atoms with Crippen LogP contribution in [0.4, 0.5) is 0 Å². The van der Waals surface area contributed by atoms with E-state index in [1.165, 1.54) is 0 Å². The Morgan fingerprint density at radius 2 is 2.05 bits per heavy atom. The summed E-state index contributed by atoms with van der Waals surface area (Å²) in [5, 5.41) is 2.91. The number of amides is 1. The second-order valence-corrected chi connectivity index (χ2v) is 5.63. The van der Waals surface area contributed by atoms with Gasteiger partial charge >= 0.3 is 0 Å². The van der Waals surface area contributed by atoms with E-state index < -0.39 is 0 Å². The van der Waals surface area contributed by atoms with Crippen molar-refractivity contribution in [3.05, 3.63) is 63.6 Å². The molecule has 1 aliphatic rings. The van der Waals surface area contributed by atoms with Gasteiger partial charge in [-0.15, -0.1) is 0 Å². The van der Waals surface area contributed by atoms with E-state index in [2.05, 4.69) is 21.2 Å². The van der Waals surface area contributed by atoms with E-state index in [0.717, 1.165) is 21.3 Å². The summed E-state index contributed by atoms with van der Waals surface area (Å²) in [5.41, 5.74) is 2.57. The lowest BCUT2D eigenvalue weighted by Crippen LogP contribution is -2.24. The molecule has 2 aromatic rings. The molecule has 21 heavy (non-hydrogen) atoms. The summed E-state index contributed by atoms with van der Waals surface area (Å²) >= 11 is 3.47. The van der Waals surface area contributed by atoms with E-state index in [0.29, 0.717) is 18.7 Å². The van der Waals surface area contributed by atoms with Crippen LogP contribution in [-0.4, -0.2) is 12.7 Å². The standard InChI is InChI=1S/C16H14BrNO3/c17-14-6-12(15-13(7-14)9-20-10-21-15)8-18-16(19)11-4-2-1-3-5-11/h1-7H,8-10H2,(H,18,19). The molecule has 0 spiro atoms. The zero-order valence-electron chi connectivity index (χ0n) is 11.3. The second kappa shape index (κ2) is 6.28. The van der Waals surface area contributed by atoms with Crippen LogP contribution in [0.2, 0.25) is 0 Å². The monoisotopic (exact) mass is 347 g/mol. The minimum Gasteiger partial charge on any atom is -0.467 e. The highest BCUT2D eigenvalue weighted by molar-refractivity contribution is 9.10. The largest absolute Gasteiger partial charge is 0.467 e. The van der Waals surface area contributed by atoms with Gasteiger partial charge in [0.2, 0.25) is 0 Å². The fraction of sp³-hybridized carbons (Fsp3) is 0.188. The Morgan fingerprint density at radius 1 is 1.24 bits per heavy atom. The number of hydrogen-bond donors (Lipinski definition) is 1. The minimum absolute atomic E-state index is 0.101. The van der Waals surface area contributed by atoms with Gasteiger partial charge in [0.1, 0.15) is 5.75 Å². The highest BCUT2D eigenvalue weighted by Gasteiger charge is 2.16. The topological polar surface area (TPSA) is 47.6 Å². The van der Waals surface area contributed by atoms with Crippen LogP contribution < -0.4 is 10.1 Å². The third-order valence-electron chi connectivity index (χ3n) is 3.23. The van der Waals surface area contributed by atoms with E-state index in [1.54, 1.807) is 12.1 Å². The highest BCUT2D eigenvalue weighted by Crippen LogP contribution is 2.31. The molecule has 1 aliphatic heterocycles. The van der Waals surface area contributed by atoms with Gasteiger partial charge < -0.3 is 14.8 Å². The molecule has 4 nitrogen and oxygen atoms in total. The van der Waals surface area contributed by atoms with Gasteiger partial charge in [-0.2, -0.15) is 0 Å². The van der Waals surface area contributed by atoms with Gasteiger partial charge in [0.15, 0.2) is 6.79 Å². The minimum atomic E-state index is -0.101. The third-order valence-corrected chi connectivity index (χ3v) is 3.68. The summed E-state index contributed by atoms with van der Waals surface area (Å²) in [4.78, 5) is 12.1. The van der Waals surface area contributed by atoms with Gasteiger partial charge in [0.25, 0.3) is 5.91 Å². The molecule has 0 saturated heterocycles. The molecule has 0 saturated carbocycles. The molecular formula is C16H14BrNO3. The fourth-order valence-electron chi connectivity index (χ4n) is 2.26. The van der Waals surface area contributed by atoms with Gasteiger partial charge in [-0.3, -0.25) is 4.79 Å². The zero-order valence-corrected chi connectivity index (χ0v) is 12.9. The number of benzene rings is 2. The predicted molar refractivity (Wildman–Crippen MR) is 82.0 cm³/mol. The summed E-state index contributed by atoms with van der Waals surface area (Å²) in [7, 11) is 0. The summed E-state index contributed by atoms with van der Waals surface area (Å²) in [6.45, 7) is 1.18. The Hall–Kier alpha value is -1.85. The number of fused-ring (bicyclic) bond motifs is 1. The molecule has 0 atom stereocenters. The van der Waals surface area contributed by atoms with Crippen LogP contribution in [0.5, 0.6) is 5.75 Å². The molecular weight excluding hydrogens is 334 g/mol. The number of rotatable bonds is 3. The Kier molecular flexibility index (Phi) is 4.22. The maximum Gasteiger partial charge on any atom is 0.251 e. The maximum atomic E-state index is 12.1. The Labute approximate surface area is 131 Å². The van der Waals surface area contributed by atoms with Crippen molar-refractivity contribution in [2.75, 3.05) is 6.79 Å². The first kappa shape index (κ1) is 14.1. The van der Waals surface area contributed by atoms with E-state index in [-0.39, 0.29) is 12.7 Å². The smallest absolute Gasteiger partial charge is 0.251 e. The first-order valence-corrected chi connectivity index (χ1v) is 7.38. The fourth-order valence-corrected chi connectivity index (χ4v) is 2.81. The van der Waals surface area contributed by atoms with Crippen molar-refractivity contribution in [2.45, 2.75) is 13.2 Å². The van der Waals surface area contributed by atoms with Crippen molar-refractivity contribution < 1.29 is 14.3 Å². The summed E-state index contributed by atoms with van der Waals surface area (Å²) in [6.07, 6.45) is 0. The normalized spacial score (nSPS) is 13.2. The van der Waals surface area contributed by atoms with Gasteiger partial charge in [0.05, 0.1) is 6.61 Å². The third kappa shape index (κ3) is 3.25. The maximum absolute atomic E-state index is 12.1. The molecule has 0 aliphatic carbocycles. The van der Waals surface area contributed by atoms with Crippen molar-refractivity contribution in [3.8, 4) is 5.75 Å². The predicted octanol–water partition coefficient (Wildman–Crippen LogP) is 3.25. The van der Waals surface area contributed by atoms with Crippen LogP contribution in [0.25, 0.3) is 0 Å². The Morgan fingerprint density at radius 3 is 2.86 bits per heavy atom. The van der Waals surface area contributed by atoms with Crippen molar-refractivity contribution >= 4 is 21.8 Å². The number of ether oxygens (including phenoxy) is 2. The number of nitrogens with one attached hydrogen (secondary N) is 1. The van der Waals surface area contributed by atoms with E-state index in [4.69, 9.17) is 9.47 Å². The van der Waals surface area contributed by atoms with E-state index in [1.807, 2.05) is 30.3 Å². The molecule has 5 heteroatoms. The summed E-state index contributed by atoms with van der Waals surface area (Å²) in [5.74, 6) is 0.703.